The molecule has 0 aliphatic rings. The molecule has 1 aromatic heterocycles. The molecule has 1 N–H and O–H groups in total. The van der Waals surface area contributed by atoms with Gasteiger partial charge in [0.25, 0.3) is 0 Å². The Balaban J connectivity index is 2.01. The first-order valence-corrected chi connectivity index (χ1v) is 6.36. The van der Waals surface area contributed by atoms with Crippen molar-refractivity contribution in [3.8, 4) is 0 Å². The van der Waals surface area contributed by atoms with E-state index in [-0.39, 0.29) is 0 Å². The minimum Gasteiger partial charge on any atom is -0.306 e. The van der Waals surface area contributed by atoms with Crippen molar-refractivity contribution in [2.24, 2.45) is 0 Å². The van der Waals surface area contributed by atoms with E-state index in [0.717, 1.165) is 6.54 Å². The van der Waals surface area contributed by atoms with Gasteiger partial charge in [0.2, 0.25) is 0 Å². The third kappa shape index (κ3) is 3.17. The second-order valence-corrected chi connectivity index (χ2v) is 4.82. The van der Waals surface area contributed by atoms with Crippen LogP contribution in [0.2, 0.25) is 0 Å². The first-order valence-electron chi connectivity index (χ1n) is 6.36. The average Bonchev–Trinajstić information content (AvgIpc) is 2.40. The quantitative estimate of drug-likeness (QED) is 0.884. The highest BCUT2D eigenvalue weighted by atomic mass is 14.9. The van der Waals surface area contributed by atoms with Crippen molar-refractivity contribution in [1.82, 2.24) is 10.3 Å². The van der Waals surface area contributed by atoms with Gasteiger partial charge in [0.15, 0.2) is 0 Å². The summed E-state index contributed by atoms with van der Waals surface area (Å²) in [7, 11) is 0. The molecule has 2 nitrogen and oxygen atoms in total. The Hall–Kier alpha value is -1.67. The number of hydrogen-bond acceptors (Lipinski definition) is 2. The molecule has 94 valence electrons. The van der Waals surface area contributed by atoms with E-state index in [4.69, 9.17) is 0 Å². The summed E-state index contributed by atoms with van der Waals surface area (Å²) >= 11 is 0. The van der Waals surface area contributed by atoms with Crippen molar-refractivity contribution in [2.45, 2.75) is 33.4 Å². The molecule has 2 rings (SSSR count). The molecule has 2 aromatic rings. The molecule has 0 aliphatic heterocycles. The van der Waals surface area contributed by atoms with E-state index in [1.54, 1.807) is 6.20 Å². The highest BCUT2D eigenvalue weighted by molar-refractivity contribution is 5.30. The molecule has 0 radical (unpaired) electrons. The largest absolute Gasteiger partial charge is 0.306 e. The summed E-state index contributed by atoms with van der Waals surface area (Å²) in [4.78, 5) is 4.15. The number of hydrogen-bond donors (Lipinski definition) is 1. The third-order valence-electron chi connectivity index (χ3n) is 3.29. The molecule has 0 fully saturated rings. The first-order chi connectivity index (χ1) is 8.66. The van der Waals surface area contributed by atoms with Crippen LogP contribution in [-0.2, 0) is 6.54 Å². The maximum atomic E-state index is 4.15. The van der Waals surface area contributed by atoms with Gasteiger partial charge in [-0.3, -0.25) is 4.98 Å². The zero-order chi connectivity index (χ0) is 13.0. The number of nitrogens with zero attached hydrogens (tertiary/aromatic N) is 1. The van der Waals surface area contributed by atoms with Gasteiger partial charge in [-0.15, -0.1) is 0 Å². The highest BCUT2D eigenvalue weighted by Crippen LogP contribution is 2.14. The fraction of sp³-hybridized carbons (Fsp3) is 0.312. The lowest BCUT2D eigenvalue weighted by Gasteiger charge is -2.15. The molecule has 2 heteroatoms. The fourth-order valence-corrected chi connectivity index (χ4v) is 2.00. The Morgan fingerprint density at radius 1 is 1.22 bits per heavy atom. The van der Waals surface area contributed by atoms with Crippen LogP contribution >= 0.6 is 0 Å². The molecular formula is C16H20N2. The van der Waals surface area contributed by atoms with Crippen LogP contribution in [0.25, 0.3) is 0 Å². The molecule has 0 aliphatic carbocycles. The lowest BCUT2D eigenvalue weighted by molar-refractivity contribution is 0.571. The molecule has 0 spiro atoms. The summed E-state index contributed by atoms with van der Waals surface area (Å²) in [5.41, 5.74) is 5.24. The Morgan fingerprint density at radius 3 is 2.78 bits per heavy atom. The van der Waals surface area contributed by atoms with Crippen molar-refractivity contribution in [2.75, 3.05) is 0 Å². The fourth-order valence-electron chi connectivity index (χ4n) is 2.00. The maximum absolute atomic E-state index is 4.15. The smallest absolute Gasteiger partial charge is 0.0315 e. The van der Waals surface area contributed by atoms with Gasteiger partial charge in [-0.25, -0.2) is 0 Å². The highest BCUT2D eigenvalue weighted by Gasteiger charge is 2.05. The molecular weight excluding hydrogens is 220 g/mol. The van der Waals surface area contributed by atoms with Gasteiger partial charge < -0.3 is 5.32 Å². The van der Waals surface area contributed by atoms with Crippen LogP contribution in [0.4, 0.5) is 0 Å². The van der Waals surface area contributed by atoms with Crippen molar-refractivity contribution < 1.29 is 0 Å². The zero-order valence-electron chi connectivity index (χ0n) is 11.3. The molecule has 0 saturated carbocycles. The number of pyridine rings is 1. The molecule has 0 bridgehead atoms. The SMILES string of the molecule is Cc1ccc(C)c(CN[C@@H](C)c2cccnc2)c1. The summed E-state index contributed by atoms with van der Waals surface area (Å²) in [6, 6.07) is 11.0. The molecule has 0 unspecified atom stereocenters. The number of aryl methyl sites for hydroxylation is 2. The van der Waals surface area contributed by atoms with E-state index in [1.807, 2.05) is 12.3 Å². The minimum absolute atomic E-state index is 0.318. The second kappa shape index (κ2) is 5.78. The van der Waals surface area contributed by atoms with E-state index in [9.17, 15) is 0 Å². The molecule has 0 amide bonds. The summed E-state index contributed by atoms with van der Waals surface area (Å²) in [5.74, 6) is 0. The number of rotatable bonds is 4. The second-order valence-electron chi connectivity index (χ2n) is 4.82. The van der Waals surface area contributed by atoms with E-state index < -0.39 is 0 Å². The van der Waals surface area contributed by atoms with Crippen molar-refractivity contribution >= 4 is 0 Å². The third-order valence-corrected chi connectivity index (χ3v) is 3.29. The van der Waals surface area contributed by atoms with Crippen LogP contribution in [-0.4, -0.2) is 4.98 Å². The van der Waals surface area contributed by atoms with E-state index in [2.05, 4.69) is 55.3 Å². The van der Waals surface area contributed by atoms with Crippen LogP contribution in [0.3, 0.4) is 0 Å². The first kappa shape index (κ1) is 12.8. The van der Waals surface area contributed by atoms with Gasteiger partial charge in [0, 0.05) is 25.0 Å². The lowest BCUT2D eigenvalue weighted by atomic mass is 10.0. The van der Waals surface area contributed by atoms with E-state index in [1.165, 1.54) is 22.3 Å². The topological polar surface area (TPSA) is 24.9 Å². The van der Waals surface area contributed by atoms with Crippen LogP contribution in [0, 0.1) is 13.8 Å². The van der Waals surface area contributed by atoms with Gasteiger partial charge in [0.05, 0.1) is 0 Å². The molecule has 1 atom stereocenters. The van der Waals surface area contributed by atoms with Gasteiger partial charge >= 0.3 is 0 Å². The van der Waals surface area contributed by atoms with Gasteiger partial charge in [-0.1, -0.05) is 29.8 Å². The van der Waals surface area contributed by atoms with Crippen molar-refractivity contribution in [3.05, 3.63) is 65.0 Å². The number of aromatic nitrogens is 1. The monoisotopic (exact) mass is 240 g/mol. The van der Waals surface area contributed by atoms with Gasteiger partial charge in [0.1, 0.15) is 0 Å². The molecule has 1 aromatic carbocycles. The van der Waals surface area contributed by atoms with Crippen LogP contribution in [0.1, 0.15) is 35.2 Å². The Morgan fingerprint density at radius 2 is 2.06 bits per heavy atom. The predicted octanol–water partition coefficient (Wildman–Crippen LogP) is 3.55. The normalized spacial score (nSPS) is 12.4. The Kier molecular flexibility index (Phi) is 4.11. The zero-order valence-corrected chi connectivity index (χ0v) is 11.3. The number of nitrogens with one attached hydrogen (secondary N) is 1. The van der Waals surface area contributed by atoms with Crippen molar-refractivity contribution in [3.63, 3.8) is 0 Å². The van der Waals surface area contributed by atoms with Crippen molar-refractivity contribution in [1.29, 1.82) is 0 Å². The van der Waals surface area contributed by atoms with Crippen LogP contribution in [0.15, 0.2) is 42.7 Å². The Labute approximate surface area is 109 Å². The predicted molar refractivity (Wildman–Crippen MR) is 75.4 cm³/mol. The summed E-state index contributed by atoms with van der Waals surface area (Å²) in [6.45, 7) is 7.35. The van der Waals surface area contributed by atoms with Crippen LogP contribution in [0.5, 0.6) is 0 Å². The Bertz CT molecular complexity index is 506. The summed E-state index contributed by atoms with van der Waals surface area (Å²) in [5, 5.41) is 3.54. The van der Waals surface area contributed by atoms with E-state index >= 15 is 0 Å². The average molecular weight is 240 g/mol. The minimum atomic E-state index is 0.318. The van der Waals surface area contributed by atoms with Gasteiger partial charge in [-0.05, 0) is 43.5 Å². The van der Waals surface area contributed by atoms with Crippen LogP contribution < -0.4 is 5.32 Å². The summed E-state index contributed by atoms with van der Waals surface area (Å²) in [6.07, 6.45) is 3.72. The van der Waals surface area contributed by atoms with E-state index in [0.29, 0.717) is 6.04 Å². The van der Waals surface area contributed by atoms with Gasteiger partial charge in [-0.2, -0.15) is 0 Å². The molecule has 1 heterocycles. The molecule has 18 heavy (non-hydrogen) atoms. The molecule has 0 saturated heterocycles. The lowest BCUT2D eigenvalue weighted by Crippen LogP contribution is -2.18. The number of benzene rings is 1. The maximum Gasteiger partial charge on any atom is 0.0315 e. The standard InChI is InChI=1S/C16H20N2/c1-12-6-7-13(2)16(9-12)11-18-14(3)15-5-4-8-17-10-15/h4-10,14,18H,11H2,1-3H3/t14-/m0/s1. The summed E-state index contributed by atoms with van der Waals surface area (Å²) < 4.78 is 0.